The number of anilines is 1. The molecule has 9 heteroatoms. The van der Waals surface area contributed by atoms with E-state index in [4.69, 9.17) is 23.2 Å². The monoisotopic (exact) mass is 402 g/mol. The third kappa shape index (κ3) is 2.79. The van der Waals surface area contributed by atoms with Crippen molar-refractivity contribution in [2.45, 2.75) is 12.8 Å². The van der Waals surface area contributed by atoms with Gasteiger partial charge in [0.2, 0.25) is 17.8 Å². The molecule has 3 aromatic rings. The molecule has 0 spiro atoms. The lowest BCUT2D eigenvalue weighted by atomic mass is 10.1. The summed E-state index contributed by atoms with van der Waals surface area (Å²) in [5, 5.41) is 1.25. The normalized spacial score (nSPS) is 14.4. The maximum atomic E-state index is 12.9. The van der Waals surface area contributed by atoms with Crippen LogP contribution in [0.3, 0.4) is 0 Å². The van der Waals surface area contributed by atoms with E-state index in [1.54, 1.807) is 31.3 Å². The Balaban J connectivity index is 1.94. The number of nitrogens with zero attached hydrogens (tertiary/aromatic N) is 4. The molecule has 4 rings (SSSR count). The van der Waals surface area contributed by atoms with Gasteiger partial charge in [0, 0.05) is 37.0 Å². The lowest BCUT2D eigenvalue weighted by molar-refractivity contribution is -0.121. The fraction of sp³-hybridized carbons (Fsp3) is 0.167. The third-order valence-electron chi connectivity index (χ3n) is 4.42. The van der Waals surface area contributed by atoms with Crippen molar-refractivity contribution in [1.29, 1.82) is 0 Å². The van der Waals surface area contributed by atoms with Gasteiger partial charge in [-0.3, -0.25) is 19.0 Å². The predicted molar refractivity (Wildman–Crippen MR) is 102 cm³/mol. The smallest absolute Gasteiger partial charge is 0.259 e. The van der Waals surface area contributed by atoms with Crippen LogP contribution in [0.15, 0.2) is 35.3 Å². The van der Waals surface area contributed by atoms with E-state index in [0.717, 1.165) is 4.90 Å². The molecule has 27 heavy (non-hydrogen) atoms. The molecule has 0 unspecified atom stereocenters. The van der Waals surface area contributed by atoms with Gasteiger partial charge >= 0.3 is 0 Å². The van der Waals surface area contributed by atoms with Gasteiger partial charge in [-0.2, -0.15) is 4.98 Å². The standard InChI is InChI=1S/C18H12Cl2N4O3/c1-23-16-9(8-21-18(22-16)24-13(25)5-6-14(24)26)7-10(17(23)27)15-11(19)3-2-4-12(15)20/h2-4,7-8H,5-6H2,1H3. The van der Waals surface area contributed by atoms with Crippen molar-refractivity contribution in [1.82, 2.24) is 14.5 Å². The van der Waals surface area contributed by atoms with Crippen molar-refractivity contribution in [3.63, 3.8) is 0 Å². The number of aromatic nitrogens is 3. The highest BCUT2D eigenvalue weighted by molar-refractivity contribution is 6.39. The number of carbonyl (C=O) groups is 2. The van der Waals surface area contributed by atoms with Gasteiger partial charge < -0.3 is 0 Å². The van der Waals surface area contributed by atoms with E-state index in [9.17, 15) is 14.4 Å². The molecule has 0 aliphatic carbocycles. The molecule has 1 fully saturated rings. The summed E-state index contributed by atoms with van der Waals surface area (Å²) >= 11 is 12.5. The average Bonchev–Trinajstić information content (AvgIpc) is 2.97. The second kappa shape index (κ2) is 6.44. The maximum Gasteiger partial charge on any atom is 0.259 e. The Morgan fingerprint density at radius 1 is 1.04 bits per heavy atom. The number of imide groups is 1. The Hall–Kier alpha value is -2.77. The van der Waals surface area contributed by atoms with Crippen LogP contribution in [0.4, 0.5) is 5.95 Å². The number of carbonyl (C=O) groups excluding carboxylic acids is 2. The van der Waals surface area contributed by atoms with Crippen LogP contribution >= 0.6 is 23.2 Å². The molecule has 0 atom stereocenters. The van der Waals surface area contributed by atoms with E-state index in [1.807, 2.05) is 0 Å². The Kier molecular flexibility index (Phi) is 4.20. The molecule has 0 radical (unpaired) electrons. The molecule has 1 aromatic carbocycles. The van der Waals surface area contributed by atoms with Crippen LogP contribution in [0.5, 0.6) is 0 Å². The SMILES string of the molecule is Cn1c(=O)c(-c2c(Cl)cccc2Cl)cc2cnc(N3C(=O)CCC3=O)nc21. The van der Waals surface area contributed by atoms with Crippen LogP contribution in [-0.2, 0) is 16.6 Å². The summed E-state index contributed by atoms with van der Waals surface area (Å²) in [5.41, 5.74) is 0.674. The molecule has 136 valence electrons. The number of hydrogen-bond acceptors (Lipinski definition) is 5. The molecule has 1 aliphatic rings. The van der Waals surface area contributed by atoms with Crippen molar-refractivity contribution in [3.05, 3.63) is 50.9 Å². The van der Waals surface area contributed by atoms with E-state index in [-0.39, 0.29) is 36.2 Å². The van der Waals surface area contributed by atoms with Crippen LogP contribution in [0.25, 0.3) is 22.2 Å². The second-order valence-electron chi connectivity index (χ2n) is 6.09. The molecule has 1 saturated heterocycles. The number of benzene rings is 1. The number of halogens is 2. The summed E-state index contributed by atoms with van der Waals surface area (Å²) in [6.45, 7) is 0. The zero-order valence-corrected chi connectivity index (χ0v) is 15.6. The number of hydrogen-bond donors (Lipinski definition) is 0. The summed E-state index contributed by atoms with van der Waals surface area (Å²) in [7, 11) is 1.54. The minimum absolute atomic E-state index is 0.0338. The van der Waals surface area contributed by atoms with Gasteiger partial charge in [0.25, 0.3) is 5.56 Å². The van der Waals surface area contributed by atoms with E-state index < -0.39 is 0 Å². The molecule has 0 saturated carbocycles. The summed E-state index contributed by atoms with van der Waals surface area (Å²) < 4.78 is 1.32. The lowest BCUT2D eigenvalue weighted by Crippen LogP contribution is -2.31. The van der Waals surface area contributed by atoms with Gasteiger partial charge in [0.1, 0.15) is 5.65 Å². The summed E-state index contributed by atoms with van der Waals surface area (Å²) in [5.74, 6) is -0.749. The Labute approximate surface area is 163 Å². The highest BCUT2D eigenvalue weighted by Crippen LogP contribution is 2.33. The first kappa shape index (κ1) is 17.6. The number of amides is 2. The topological polar surface area (TPSA) is 85.2 Å². The molecule has 2 aromatic heterocycles. The second-order valence-corrected chi connectivity index (χ2v) is 6.91. The number of fused-ring (bicyclic) bond motifs is 1. The third-order valence-corrected chi connectivity index (χ3v) is 5.05. The Morgan fingerprint density at radius 3 is 2.30 bits per heavy atom. The van der Waals surface area contributed by atoms with Crippen LogP contribution < -0.4 is 10.5 Å². The quantitative estimate of drug-likeness (QED) is 0.615. The fourth-order valence-corrected chi connectivity index (χ4v) is 3.68. The summed E-state index contributed by atoms with van der Waals surface area (Å²) in [6.07, 6.45) is 1.72. The fourth-order valence-electron chi connectivity index (χ4n) is 3.08. The summed E-state index contributed by atoms with van der Waals surface area (Å²) in [6, 6.07) is 6.59. The average molecular weight is 403 g/mol. The molecular formula is C18H12Cl2N4O3. The Morgan fingerprint density at radius 2 is 1.67 bits per heavy atom. The molecular weight excluding hydrogens is 391 g/mol. The molecule has 0 N–H and O–H groups in total. The highest BCUT2D eigenvalue weighted by atomic mass is 35.5. The molecule has 7 nitrogen and oxygen atoms in total. The van der Waals surface area contributed by atoms with Crippen LogP contribution in [0.1, 0.15) is 12.8 Å². The minimum Gasteiger partial charge on any atom is -0.295 e. The molecule has 1 aliphatic heterocycles. The van der Waals surface area contributed by atoms with Gasteiger partial charge in [0.05, 0.1) is 15.6 Å². The number of rotatable bonds is 2. The maximum absolute atomic E-state index is 12.9. The van der Waals surface area contributed by atoms with Gasteiger partial charge in [-0.15, -0.1) is 0 Å². The van der Waals surface area contributed by atoms with Gasteiger partial charge in [-0.05, 0) is 18.2 Å². The van der Waals surface area contributed by atoms with Gasteiger partial charge in [-0.25, -0.2) is 9.88 Å². The molecule has 2 amide bonds. The van der Waals surface area contributed by atoms with E-state index in [1.165, 1.54) is 10.8 Å². The van der Waals surface area contributed by atoms with Crippen molar-refractivity contribution in [3.8, 4) is 11.1 Å². The van der Waals surface area contributed by atoms with Gasteiger partial charge in [-0.1, -0.05) is 29.3 Å². The first-order valence-corrected chi connectivity index (χ1v) is 8.81. The van der Waals surface area contributed by atoms with E-state index in [0.29, 0.717) is 32.2 Å². The van der Waals surface area contributed by atoms with Crippen LogP contribution in [0.2, 0.25) is 10.0 Å². The van der Waals surface area contributed by atoms with Crippen LogP contribution in [0, 0.1) is 0 Å². The van der Waals surface area contributed by atoms with Crippen molar-refractivity contribution in [2.24, 2.45) is 7.05 Å². The largest absolute Gasteiger partial charge is 0.295 e. The zero-order valence-electron chi connectivity index (χ0n) is 14.1. The van der Waals surface area contributed by atoms with E-state index >= 15 is 0 Å². The predicted octanol–water partition coefficient (Wildman–Crippen LogP) is 2.96. The zero-order chi connectivity index (χ0) is 19.3. The first-order valence-electron chi connectivity index (χ1n) is 8.05. The highest BCUT2D eigenvalue weighted by Gasteiger charge is 2.32. The first-order chi connectivity index (χ1) is 12.9. The lowest BCUT2D eigenvalue weighted by Gasteiger charge is -2.14. The number of aryl methyl sites for hydroxylation is 1. The van der Waals surface area contributed by atoms with Crippen LogP contribution in [-0.4, -0.2) is 26.3 Å². The minimum atomic E-state index is -0.360. The Bertz CT molecular complexity index is 1150. The summed E-state index contributed by atoms with van der Waals surface area (Å²) in [4.78, 5) is 46.1. The molecule has 3 heterocycles. The van der Waals surface area contributed by atoms with Crippen molar-refractivity contribution in [2.75, 3.05) is 4.90 Å². The van der Waals surface area contributed by atoms with Crippen molar-refractivity contribution < 1.29 is 9.59 Å². The molecule has 0 bridgehead atoms. The van der Waals surface area contributed by atoms with Crippen molar-refractivity contribution >= 4 is 52.0 Å². The number of pyridine rings is 1. The van der Waals surface area contributed by atoms with Gasteiger partial charge in [0.15, 0.2) is 0 Å². The van der Waals surface area contributed by atoms with E-state index in [2.05, 4.69) is 9.97 Å².